The highest BCUT2D eigenvalue weighted by Gasteiger charge is 2.18. The van der Waals surface area contributed by atoms with Crippen LogP contribution in [0.1, 0.15) is 386 Å². The molecular weight excluding hydrogens is 935 g/mol. The molecule has 2 atom stereocenters. The van der Waals surface area contributed by atoms with Gasteiger partial charge >= 0.3 is 5.97 Å². The van der Waals surface area contributed by atoms with E-state index in [1.54, 1.807) is 6.08 Å². The number of hydrogen-bond donors (Lipinski definition) is 3. The van der Waals surface area contributed by atoms with Crippen LogP contribution in [0.5, 0.6) is 0 Å². The summed E-state index contributed by atoms with van der Waals surface area (Å²) in [6.45, 7) is 4.94. The van der Waals surface area contributed by atoms with E-state index in [-0.39, 0.29) is 18.5 Å². The van der Waals surface area contributed by atoms with Crippen LogP contribution in [0.15, 0.2) is 24.3 Å². The van der Waals surface area contributed by atoms with Gasteiger partial charge in [-0.3, -0.25) is 9.59 Å². The van der Waals surface area contributed by atoms with E-state index < -0.39 is 12.1 Å². The first-order valence-corrected chi connectivity index (χ1v) is 34.6. The van der Waals surface area contributed by atoms with Crippen LogP contribution in [0, 0.1) is 0 Å². The summed E-state index contributed by atoms with van der Waals surface area (Å²) < 4.78 is 5.48. The third-order valence-corrected chi connectivity index (χ3v) is 16.2. The van der Waals surface area contributed by atoms with Crippen LogP contribution in [-0.2, 0) is 14.3 Å². The first-order chi connectivity index (χ1) is 37.5. The molecule has 0 spiro atoms. The van der Waals surface area contributed by atoms with E-state index in [1.165, 1.54) is 321 Å². The topological polar surface area (TPSA) is 95.9 Å². The molecule has 0 saturated heterocycles. The average Bonchev–Trinajstić information content (AvgIpc) is 3.42. The van der Waals surface area contributed by atoms with Crippen molar-refractivity contribution in [3.63, 3.8) is 0 Å². The van der Waals surface area contributed by atoms with Crippen molar-refractivity contribution < 1.29 is 24.5 Å². The maximum atomic E-state index is 12.5. The van der Waals surface area contributed by atoms with Crippen LogP contribution in [-0.4, -0.2) is 47.4 Å². The average molecular weight is 1070 g/mol. The number of carbonyl (C=O) groups is 2. The van der Waals surface area contributed by atoms with Crippen molar-refractivity contribution in [3.05, 3.63) is 24.3 Å². The van der Waals surface area contributed by atoms with E-state index in [0.29, 0.717) is 19.4 Å². The molecule has 0 aromatic carbocycles. The smallest absolute Gasteiger partial charge is 0.305 e. The summed E-state index contributed by atoms with van der Waals surface area (Å²) >= 11 is 0. The SMILES string of the molecule is CCCCCCCCCCCCCCCCCCCCCCC/C=C/C(O)C(CO)NC(=O)CCCCCCCCCC/C=C\CCCCCCCCCCCCCCOC(=O)CCCCCCCCCCCCCC. The van der Waals surface area contributed by atoms with Crippen molar-refractivity contribution in [2.75, 3.05) is 13.2 Å². The highest BCUT2D eigenvalue weighted by atomic mass is 16.5. The largest absolute Gasteiger partial charge is 0.466 e. The van der Waals surface area contributed by atoms with E-state index in [9.17, 15) is 19.8 Å². The molecule has 76 heavy (non-hydrogen) atoms. The third-order valence-electron chi connectivity index (χ3n) is 16.2. The second-order valence-electron chi connectivity index (χ2n) is 23.9. The molecule has 0 aromatic rings. The van der Waals surface area contributed by atoms with Gasteiger partial charge in [-0.1, -0.05) is 340 Å². The number of allylic oxidation sites excluding steroid dienone is 3. The molecule has 1 amide bonds. The zero-order valence-electron chi connectivity index (χ0n) is 51.5. The fourth-order valence-electron chi connectivity index (χ4n) is 10.9. The van der Waals surface area contributed by atoms with Gasteiger partial charge in [-0.25, -0.2) is 0 Å². The number of hydrogen-bond acceptors (Lipinski definition) is 5. The van der Waals surface area contributed by atoms with E-state index in [2.05, 4.69) is 31.3 Å². The Morgan fingerprint density at radius 1 is 0.355 bits per heavy atom. The molecule has 0 bridgehead atoms. The van der Waals surface area contributed by atoms with Crippen LogP contribution in [0.2, 0.25) is 0 Å². The van der Waals surface area contributed by atoms with E-state index >= 15 is 0 Å². The molecule has 0 saturated carbocycles. The van der Waals surface area contributed by atoms with Crippen molar-refractivity contribution in [1.82, 2.24) is 5.32 Å². The van der Waals surface area contributed by atoms with Crippen LogP contribution in [0.4, 0.5) is 0 Å². The molecule has 0 rings (SSSR count). The lowest BCUT2D eigenvalue weighted by molar-refractivity contribution is -0.143. The van der Waals surface area contributed by atoms with E-state index in [4.69, 9.17) is 4.74 Å². The Bertz CT molecular complexity index is 1190. The maximum absolute atomic E-state index is 12.5. The number of unbranched alkanes of at least 4 members (excludes halogenated alkanes) is 52. The van der Waals surface area contributed by atoms with Gasteiger partial charge in [-0.15, -0.1) is 0 Å². The molecule has 450 valence electrons. The van der Waals surface area contributed by atoms with Crippen LogP contribution in [0.25, 0.3) is 0 Å². The van der Waals surface area contributed by atoms with Crippen molar-refractivity contribution in [2.24, 2.45) is 0 Å². The molecule has 0 aliphatic heterocycles. The maximum Gasteiger partial charge on any atom is 0.305 e. The quantitative estimate of drug-likeness (QED) is 0.0320. The normalized spacial score (nSPS) is 12.6. The summed E-state index contributed by atoms with van der Waals surface area (Å²) in [6.07, 6.45) is 82.5. The monoisotopic (exact) mass is 1070 g/mol. The zero-order chi connectivity index (χ0) is 55.0. The summed E-state index contributed by atoms with van der Waals surface area (Å²) in [5, 5.41) is 23.3. The van der Waals surface area contributed by atoms with Gasteiger partial charge in [0.1, 0.15) is 0 Å². The van der Waals surface area contributed by atoms with Crippen molar-refractivity contribution in [3.8, 4) is 0 Å². The van der Waals surface area contributed by atoms with Gasteiger partial charge in [-0.2, -0.15) is 0 Å². The predicted molar refractivity (Wildman–Crippen MR) is 333 cm³/mol. The van der Waals surface area contributed by atoms with E-state index in [0.717, 1.165) is 38.5 Å². The van der Waals surface area contributed by atoms with Crippen LogP contribution < -0.4 is 5.32 Å². The number of amides is 1. The number of rotatable bonds is 65. The van der Waals surface area contributed by atoms with E-state index in [1.807, 2.05) is 6.08 Å². The molecule has 2 unspecified atom stereocenters. The molecule has 0 aliphatic rings. The number of carbonyl (C=O) groups excluding carboxylic acids is 2. The lowest BCUT2D eigenvalue weighted by Crippen LogP contribution is -2.45. The first-order valence-electron chi connectivity index (χ1n) is 34.6. The zero-order valence-corrected chi connectivity index (χ0v) is 51.5. The number of ether oxygens (including phenoxy) is 1. The van der Waals surface area contributed by atoms with Crippen molar-refractivity contribution in [2.45, 2.75) is 398 Å². The molecule has 3 N–H and O–H groups in total. The molecular formula is C70H135NO5. The van der Waals surface area contributed by atoms with Gasteiger partial charge < -0.3 is 20.3 Å². The van der Waals surface area contributed by atoms with Crippen LogP contribution >= 0.6 is 0 Å². The Morgan fingerprint density at radius 2 is 0.618 bits per heavy atom. The van der Waals surface area contributed by atoms with Gasteiger partial charge in [0.25, 0.3) is 0 Å². The standard InChI is InChI=1S/C70H135NO5/c1-3-5-7-9-11-13-15-17-18-19-20-21-24-27-30-33-36-39-42-46-50-54-58-62-68(73)67(66-72)71-69(74)63-59-55-51-47-43-40-37-34-31-28-25-22-23-26-29-32-35-38-41-45-49-53-57-61-65-76-70(75)64-60-56-52-48-44-16-14-12-10-8-6-4-2/h25,28,58,62,67-68,72-73H,3-24,26-27,29-57,59-61,63-66H2,1-2H3,(H,71,74)/b28-25-,62-58+. The number of nitrogens with one attached hydrogen (secondary N) is 1. The van der Waals surface area contributed by atoms with Crippen molar-refractivity contribution >= 4 is 11.9 Å². The Hall–Kier alpha value is -1.66. The highest BCUT2D eigenvalue weighted by Crippen LogP contribution is 2.18. The minimum absolute atomic E-state index is 0.0134. The highest BCUT2D eigenvalue weighted by molar-refractivity contribution is 5.76. The molecule has 0 radical (unpaired) electrons. The summed E-state index contributed by atoms with van der Waals surface area (Å²) in [7, 11) is 0. The fraction of sp³-hybridized carbons (Fsp3) is 0.914. The van der Waals surface area contributed by atoms with Crippen molar-refractivity contribution in [1.29, 1.82) is 0 Å². The molecule has 0 aromatic heterocycles. The molecule has 0 heterocycles. The summed E-state index contributed by atoms with van der Waals surface area (Å²) in [5.74, 6) is -0.0549. The summed E-state index contributed by atoms with van der Waals surface area (Å²) in [5.41, 5.74) is 0. The van der Waals surface area contributed by atoms with Gasteiger partial charge in [0, 0.05) is 12.8 Å². The van der Waals surface area contributed by atoms with Gasteiger partial charge in [0.15, 0.2) is 0 Å². The van der Waals surface area contributed by atoms with Gasteiger partial charge in [0.2, 0.25) is 5.91 Å². The number of esters is 1. The number of aliphatic hydroxyl groups excluding tert-OH is 2. The Morgan fingerprint density at radius 3 is 0.934 bits per heavy atom. The minimum atomic E-state index is -0.848. The van der Waals surface area contributed by atoms with Gasteiger partial charge in [-0.05, 0) is 57.8 Å². The summed E-state index contributed by atoms with van der Waals surface area (Å²) in [4.78, 5) is 24.6. The molecule has 0 aliphatic carbocycles. The Labute approximate surface area is 475 Å². The minimum Gasteiger partial charge on any atom is -0.466 e. The first kappa shape index (κ1) is 74.3. The summed E-state index contributed by atoms with van der Waals surface area (Å²) in [6, 6.07) is -0.632. The van der Waals surface area contributed by atoms with Crippen LogP contribution in [0.3, 0.4) is 0 Å². The predicted octanol–water partition coefficient (Wildman–Crippen LogP) is 22.1. The number of aliphatic hydroxyl groups is 2. The molecule has 0 fully saturated rings. The Balaban J connectivity index is 3.43. The fourth-order valence-corrected chi connectivity index (χ4v) is 10.9. The van der Waals surface area contributed by atoms with Gasteiger partial charge in [0.05, 0.1) is 25.4 Å². The molecule has 6 heteroatoms. The lowest BCUT2D eigenvalue weighted by Gasteiger charge is -2.20. The third kappa shape index (κ3) is 61.6. The Kier molecular flexibility index (Phi) is 64.4. The lowest BCUT2D eigenvalue weighted by atomic mass is 10.0. The second-order valence-corrected chi connectivity index (χ2v) is 23.9. The molecule has 6 nitrogen and oxygen atoms in total. The second kappa shape index (κ2) is 65.9.